The van der Waals surface area contributed by atoms with Crippen molar-refractivity contribution in [2.24, 2.45) is 5.41 Å². The molecule has 0 heterocycles. The third-order valence-corrected chi connectivity index (χ3v) is 2.38. The maximum atomic E-state index is 11.2. The van der Waals surface area contributed by atoms with Crippen molar-refractivity contribution < 1.29 is 4.79 Å². The van der Waals surface area contributed by atoms with Gasteiger partial charge in [-0.1, -0.05) is 26.3 Å². The van der Waals surface area contributed by atoms with Crippen molar-refractivity contribution in [3.05, 3.63) is 11.1 Å². The lowest BCUT2D eigenvalue weighted by Gasteiger charge is -2.20. The second kappa shape index (κ2) is 2.47. The van der Waals surface area contributed by atoms with E-state index >= 15 is 0 Å². The number of carbonyl (C=O) groups excluding carboxylic acids is 1. The van der Waals surface area contributed by atoms with Gasteiger partial charge in [0.2, 0.25) is 0 Å². The van der Waals surface area contributed by atoms with Crippen LogP contribution in [0.4, 0.5) is 0 Å². The van der Waals surface area contributed by atoms with Crippen LogP contribution in [0, 0.1) is 5.41 Å². The fraction of sp³-hybridized carbons (Fsp3) is 0.700. The summed E-state index contributed by atoms with van der Waals surface area (Å²) < 4.78 is 0. The van der Waals surface area contributed by atoms with Gasteiger partial charge < -0.3 is 0 Å². The molecule has 11 heavy (non-hydrogen) atoms. The van der Waals surface area contributed by atoms with Crippen molar-refractivity contribution in [1.82, 2.24) is 0 Å². The zero-order chi connectivity index (χ0) is 8.65. The van der Waals surface area contributed by atoms with E-state index in [2.05, 4.69) is 20.8 Å². The molecular weight excluding hydrogens is 136 g/mol. The highest BCUT2D eigenvalue weighted by atomic mass is 16.1. The van der Waals surface area contributed by atoms with Gasteiger partial charge in [0, 0.05) is 6.42 Å². The largest absolute Gasteiger partial charge is 0.295 e. The number of carbonyl (C=O) groups is 1. The van der Waals surface area contributed by atoms with Gasteiger partial charge in [0.25, 0.3) is 0 Å². The Labute approximate surface area is 68.5 Å². The molecule has 0 saturated carbocycles. The summed E-state index contributed by atoms with van der Waals surface area (Å²) in [5.74, 6) is 0.343. The minimum absolute atomic E-state index is 0.191. The van der Waals surface area contributed by atoms with Crippen LogP contribution >= 0.6 is 0 Å². The topological polar surface area (TPSA) is 17.1 Å². The average Bonchev–Trinajstić information content (AvgIpc) is 2.11. The summed E-state index contributed by atoms with van der Waals surface area (Å²) >= 11 is 0. The molecule has 1 rings (SSSR count). The van der Waals surface area contributed by atoms with Crippen molar-refractivity contribution in [3.8, 4) is 0 Å². The smallest absolute Gasteiger partial charge is 0.158 e. The molecule has 0 aromatic heterocycles. The third kappa shape index (κ3) is 1.52. The summed E-state index contributed by atoms with van der Waals surface area (Å²) in [6.07, 6.45) is 1.71. The van der Waals surface area contributed by atoms with E-state index in [0.717, 1.165) is 18.4 Å². The number of hydrogen-bond acceptors (Lipinski definition) is 1. The van der Waals surface area contributed by atoms with Crippen LogP contribution in [-0.4, -0.2) is 5.78 Å². The van der Waals surface area contributed by atoms with Gasteiger partial charge in [-0.05, 0) is 24.3 Å². The second-order valence-electron chi connectivity index (χ2n) is 4.28. The van der Waals surface area contributed by atoms with Crippen LogP contribution < -0.4 is 0 Å². The van der Waals surface area contributed by atoms with Gasteiger partial charge >= 0.3 is 0 Å². The first kappa shape index (κ1) is 8.51. The average molecular weight is 152 g/mol. The molecule has 0 saturated heterocycles. The summed E-state index contributed by atoms with van der Waals surface area (Å²) in [5.41, 5.74) is 2.55. The Morgan fingerprint density at radius 2 is 1.73 bits per heavy atom. The first-order chi connectivity index (χ1) is 4.93. The van der Waals surface area contributed by atoms with E-state index in [0.29, 0.717) is 5.78 Å². The molecule has 0 N–H and O–H groups in total. The monoisotopic (exact) mass is 152 g/mol. The molecule has 0 aliphatic heterocycles. The molecule has 62 valence electrons. The van der Waals surface area contributed by atoms with Crippen LogP contribution in [0.2, 0.25) is 0 Å². The Morgan fingerprint density at radius 3 is 1.91 bits per heavy atom. The first-order valence-corrected chi connectivity index (χ1v) is 4.16. The predicted octanol–water partition coefficient (Wildman–Crippen LogP) is 2.71. The standard InChI is InChI=1S/C10H16O/c1-7-8(10(2,3)4)5-6-9(7)11/h5-6H2,1-4H3. The van der Waals surface area contributed by atoms with Crippen molar-refractivity contribution >= 4 is 5.78 Å². The number of Topliss-reactive ketones (excluding diaryl/α,β-unsaturated/α-hetero) is 1. The van der Waals surface area contributed by atoms with E-state index in [1.165, 1.54) is 5.57 Å². The summed E-state index contributed by atoms with van der Waals surface area (Å²) in [4.78, 5) is 11.2. The van der Waals surface area contributed by atoms with Gasteiger partial charge in [0.05, 0.1) is 0 Å². The minimum atomic E-state index is 0.191. The number of ketones is 1. The van der Waals surface area contributed by atoms with E-state index in [9.17, 15) is 4.79 Å². The van der Waals surface area contributed by atoms with E-state index in [4.69, 9.17) is 0 Å². The molecule has 1 heteroatoms. The number of hydrogen-bond donors (Lipinski definition) is 0. The van der Waals surface area contributed by atoms with Crippen LogP contribution in [0.25, 0.3) is 0 Å². The Hall–Kier alpha value is -0.590. The molecule has 0 aromatic rings. The van der Waals surface area contributed by atoms with Gasteiger partial charge in [0.15, 0.2) is 5.78 Å². The van der Waals surface area contributed by atoms with Crippen molar-refractivity contribution in [2.45, 2.75) is 40.5 Å². The van der Waals surface area contributed by atoms with Gasteiger partial charge in [-0.3, -0.25) is 4.79 Å². The minimum Gasteiger partial charge on any atom is -0.295 e. The third-order valence-electron chi connectivity index (χ3n) is 2.38. The van der Waals surface area contributed by atoms with E-state index in [-0.39, 0.29) is 5.41 Å². The molecule has 0 atom stereocenters. The Kier molecular flexibility index (Phi) is 1.91. The molecule has 0 unspecified atom stereocenters. The normalized spacial score (nSPS) is 19.8. The summed E-state index contributed by atoms with van der Waals surface area (Å²) in [5, 5.41) is 0. The summed E-state index contributed by atoms with van der Waals surface area (Å²) in [6, 6.07) is 0. The Balaban J connectivity index is 2.98. The van der Waals surface area contributed by atoms with E-state index in [1.807, 2.05) is 6.92 Å². The highest BCUT2D eigenvalue weighted by Crippen LogP contribution is 2.36. The number of rotatable bonds is 0. The molecule has 0 amide bonds. The summed E-state index contributed by atoms with van der Waals surface area (Å²) in [7, 11) is 0. The Morgan fingerprint density at radius 1 is 1.18 bits per heavy atom. The molecule has 1 nitrogen and oxygen atoms in total. The molecule has 0 spiro atoms. The maximum absolute atomic E-state index is 11.2. The van der Waals surface area contributed by atoms with Gasteiger partial charge in [0.1, 0.15) is 0 Å². The van der Waals surface area contributed by atoms with Crippen LogP contribution in [-0.2, 0) is 4.79 Å². The molecule has 1 aliphatic rings. The Bertz CT molecular complexity index is 216. The van der Waals surface area contributed by atoms with Crippen LogP contribution in [0.5, 0.6) is 0 Å². The van der Waals surface area contributed by atoms with Crippen molar-refractivity contribution in [1.29, 1.82) is 0 Å². The second-order valence-corrected chi connectivity index (χ2v) is 4.28. The van der Waals surface area contributed by atoms with Gasteiger partial charge in [-0.2, -0.15) is 0 Å². The summed E-state index contributed by atoms with van der Waals surface area (Å²) in [6.45, 7) is 8.47. The fourth-order valence-corrected chi connectivity index (χ4v) is 1.72. The first-order valence-electron chi connectivity index (χ1n) is 4.16. The number of allylic oxidation sites excluding steroid dienone is 2. The van der Waals surface area contributed by atoms with E-state index < -0.39 is 0 Å². The van der Waals surface area contributed by atoms with Crippen LogP contribution in [0.3, 0.4) is 0 Å². The lowest BCUT2D eigenvalue weighted by molar-refractivity contribution is -0.114. The quantitative estimate of drug-likeness (QED) is 0.521. The van der Waals surface area contributed by atoms with Crippen molar-refractivity contribution in [2.75, 3.05) is 0 Å². The van der Waals surface area contributed by atoms with E-state index in [1.54, 1.807) is 0 Å². The van der Waals surface area contributed by atoms with Gasteiger partial charge in [-0.25, -0.2) is 0 Å². The highest BCUT2D eigenvalue weighted by Gasteiger charge is 2.27. The molecule has 0 bridgehead atoms. The fourth-order valence-electron chi connectivity index (χ4n) is 1.72. The molecule has 0 aromatic carbocycles. The van der Waals surface area contributed by atoms with Crippen LogP contribution in [0.1, 0.15) is 40.5 Å². The SMILES string of the molecule is CC1=C(C(C)(C)C)CCC1=O. The predicted molar refractivity (Wildman–Crippen MR) is 46.4 cm³/mol. The van der Waals surface area contributed by atoms with Gasteiger partial charge in [-0.15, -0.1) is 0 Å². The van der Waals surface area contributed by atoms with Crippen LogP contribution in [0.15, 0.2) is 11.1 Å². The maximum Gasteiger partial charge on any atom is 0.158 e. The molecule has 0 fully saturated rings. The molecule has 0 radical (unpaired) electrons. The molecule has 1 aliphatic carbocycles. The zero-order valence-electron chi connectivity index (χ0n) is 7.82. The van der Waals surface area contributed by atoms with Crippen molar-refractivity contribution in [3.63, 3.8) is 0 Å². The highest BCUT2D eigenvalue weighted by molar-refractivity contribution is 5.98. The molecular formula is C10H16O. The lowest BCUT2D eigenvalue weighted by atomic mass is 9.84. The lowest BCUT2D eigenvalue weighted by Crippen LogP contribution is -2.08. The zero-order valence-corrected chi connectivity index (χ0v) is 7.82.